The molecule has 1 rings (SSSR count). The Morgan fingerprint density at radius 3 is 2.30 bits per heavy atom. The molecule has 10 heavy (non-hydrogen) atoms. The van der Waals surface area contributed by atoms with Crippen LogP contribution in [0.25, 0.3) is 0 Å². The molecule has 0 aromatic rings. The number of carbonyl (C=O) groups excluding carboxylic acids is 1. The molecule has 1 aliphatic rings. The second kappa shape index (κ2) is 1.89. The minimum atomic E-state index is -4.50. The van der Waals surface area contributed by atoms with Crippen molar-refractivity contribution in [1.82, 2.24) is 10.6 Å². The monoisotopic (exact) mass is 151 g/mol. The number of carbonyl (C=O) groups is 1. The van der Waals surface area contributed by atoms with Crippen molar-refractivity contribution in [2.45, 2.75) is 6.18 Å². The molecular weight excluding hydrogens is 149 g/mol. The van der Waals surface area contributed by atoms with E-state index in [9.17, 15) is 18.0 Å². The van der Waals surface area contributed by atoms with E-state index >= 15 is 0 Å². The lowest BCUT2D eigenvalue weighted by atomic mass is 10.5. The van der Waals surface area contributed by atoms with Crippen LogP contribution in [0.5, 0.6) is 0 Å². The Labute approximate surface area is 53.9 Å². The Morgan fingerprint density at radius 1 is 1.50 bits per heavy atom. The van der Waals surface area contributed by atoms with Gasteiger partial charge in [-0.15, -0.1) is 0 Å². The first-order valence-electron chi connectivity index (χ1n) is 2.29. The number of allylic oxidation sites excluding steroid dienone is 1. The highest BCUT2D eigenvalue weighted by Crippen LogP contribution is 2.24. The number of hydrogen-bond acceptors (Lipinski definition) is 1. The number of halogens is 3. The molecule has 0 atom stereocenters. The Hall–Kier alpha value is -1.20. The van der Waals surface area contributed by atoms with Gasteiger partial charge in [0.25, 0.3) is 0 Å². The molecule has 1 aliphatic heterocycles. The van der Waals surface area contributed by atoms with Crippen molar-refractivity contribution in [2.24, 2.45) is 0 Å². The van der Waals surface area contributed by atoms with Gasteiger partial charge in [0.05, 0.1) is 6.20 Å². The number of nitrogens with one attached hydrogen (secondary N) is 1. The van der Waals surface area contributed by atoms with E-state index in [2.05, 4.69) is 5.32 Å². The van der Waals surface area contributed by atoms with E-state index in [4.69, 9.17) is 0 Å². The molecule has 6 heteroatoms. The molecule has 0 bridgehead atoms. The third-order valence-electron chi connectivity index (χ3n) is 0.858. The SMILES string of the molecule is O=C1[N]C=C(C(F)(F)F)N1. The third kappa shape index (κ3) is 1.20. The number of hydrogen-bond donors (Lipinski definition) is 1. The fourth-order valence-corrected chi connectivity index (χ4v) is 0.447. The molecule has 0 aromatic heterocycles. The van der Waals surface area contributed by atoms with E-state index in [-0.39, 0.29) is 0 Å². The summed E-state index contributed by atoms with van der Waals surface area (Å²) in [5.41, 5.74) is -1.11. The minimum absolute atomic E-state index is 0.461. The van der Waals surface area contributed by atoms with Crippen LogP contribution < -0.4 is 10.6 Å². The molecule has 0 fully saturated rings. The second-order valence-electron chi connectivity index (χ2n) is 1.60. The maximum atomic E-state index is 11.6. The summed E-state index contributed by atoms with van der Waals surface area (Å²) in [5, 5.41) is 4.38. The minimum Gasteiger partial charge on any atom is -0.300 e. The molecule has 1 heterocycles. The smallest absolute Gasteiger partial charge is 0.300 e. The van der Waals surface area contributed by atoms with Crippen LogP contribution >= 0.6 is 0 Å². The van der Waals surface area contributed by atoms with Gasteiger partial charge < -0.3 is 5.32 Å². The van der Waals surface area contributed by atoms with Crippen LogP contribution in [0.15, 0.2) is 11.9 Å². The molecule has 3 nitrogen and oxygen atoms in total. The van der Waals surface area contributed by atoms with Crippen LogP contribution in [0, 0.1) is 0 Å². The highest BCUT2D eigenvalue weighted by Gasteiger charge is 2.38. The molecule has 1 radical (unpaired) electrons. The molecular formula is C4H2F3N2O. The van der Waals surface area contributed by atoms with Gasteiger partial charge in [-0.05, 0) is 0 Å². The Morgan fingerprint density at radius 2 is 2.10 bits per heavy atom. The Kier molecular flexibility index (Phi) is 1.31. The number of urea groups is 1. The topological polar surface area (TPSA) is 43.2 Å². The molecule has 0 saturated carbocycles. The first kappa shape index (κ1) is 6.91. The lowest BCUT2D eigenvalue weighted by molar-refractivity contribution is -0.0947. The zero-order valence-corrected chi connectivity index (χ0v) is 4.57. The van der Waals surface area contributed by atoms with Gasteiger partial charge in [-0.25, -0.2) is 4.79 Å². The lowest BCUT2D eigenvalue weighted by Gasteiger charge is -2.04. The van der Waals surface area contributed by atoms with Crippen LogP contribution in [-0.4, -0.2) is 12.2 Å². The zero-order valence-electron chi connectivity index (χ0n) is 4.57. The summed E-state index contributed by atoms with van der Waals surface area (Å²) in [6.45, 7) is 0. The maximum absolute atomic E-state index is 11.6. The molecule has 2 amide bonds. The standard InChI is InChI=1S/C4H2F3N2O/c5-4(6,7)2-1-8-3(10)9-2/h1H,(H,9,10). The predicted octanol–water partition coefficient (Wildman–Crippen LogP) is 0.718. The van der Waals surface area contributed by atoms with Crippen molar-refractivity contribution in [3.8, 4) is 0 Å². The Balaban J connectivity index is 2.69. The average Bonchev–Trinajstić information content (AvgIpc) is 2.11. The van der Waals surface area contributed by atoms with E-state index in [1.165, 1.54) is 5.32 Å². The quantitative estimate of drug-likeness (QED) is 0.544. The molecule has 0 spiro atoms. The van der Waals surface area contributed by atoms with Crippen molar-refractivity contribution in [3.63, 3.8) is 0 Å². The zero-order chi connectivity index (χ0) is 7.78. The number of amides is 2. The van der Waals surface area contributed by atoms with Gasteiger partial charge in [0.15, 0.2) is 0 Å². The summed E-state index contributed by atoms with van der Waals surface area (Å²) in [5.74, 6) is 0. The van der Waals surface area contributed by atoms with E-state index in [1.54, 1.807) is 0 Å². The highest BCUT2D eigenvalue weighted by molar-refractivity contribution is 5.79. The average molecular weight is 151 g/mol. The van der Waals surface area contributed by atoms with Crippen LogP contribution in [0.3, 0.4) is 0 Å². The van der Waals surface area contributed by atoms with Gasteiger partial charge in [-0.2, -0.15) is 18.5 Å². The summed E-state index contributed by atoms with van der Waals surface area (Å²) < 4.78 is 34.8. The summed E-state index contributed by atoms with van der Waals surface area (Å²) in [6, 6.07) is -0.979. The normalized spacial score (nSPS) is 17.9. The van der Waals surface area contributed by atoms with E-state index in [0.29, 0.717) is 6.20 Å². The largest absolute Gasteiger partial charge is 0.432 e. The fourth-order valence-electron chi connectivity index (χ4n) is 0.447. The van der Waals surface area contributed by atoms with Crippen molar-refractivity contribution in [2.75, 3.05) is 0 Å². The van der Waals surface area contributed by atoms with E-state index < -0.39 is 17.9 Å². The van der Waals surface area contributed by atoms with Gasteiger partial charge in [0, 0.05) is 0 Å². The summed E-state index contributed by atoms with van der Waals surface area (Å²) in [7, 11) is 0. The van der Waals surface area contributed by atoms with Gasteiger partial charge in [-0.1, -0.05) is 0 Å². The summed E-state index contributed by atoms with van der Waals surface area (Å²) in [6.07, 6.45) is -4.04. The molecule has 0 saturated heterocycles. The number of nitrogens with zero attached hydrogens (tertiary/aromatic N) is 1. The maximum Gasteiger partial charge on any atom is 0.432 e. The summed E-state index contributed by atoms with van der Waals surface area (Å²) in [4.78, 5) is 10.1. The van der Waals surface area contributed by atoms with Crippen LogP contribution in [0.1, 0.15) is 0 Å². The first-order chi connectivity index (χ1) is 4.50. The van der Waals surface area contributed by atoms with Crippen LogP contribution in [-0.2, 0) is 0 Å². The Bertz CT molecular complexity index is 195. The molecule has 55 valence electrons. The van der Waals surface area contributed by atoms with Gasteiger partial charge in [0.1, 0.15) is 5.70 Å². The molecule has 1 N–H and O–H groups in total. The second-order valence-corrected chi connectivity index (χ2v) is 1.60. The van der Waals surface area contributed by atoms with Crippen LogP contribution in [0.4, 0.5) is 18.0 Å². The van der Waals surface area contributed by atoms with Gasteiger partial charge in [0.2, 0.25) is 0 Å². The van der Waals surface area contributed by atoms with E-state index in [0.717, 1.165) is 0 Å². The molecule has 0 aliphatic carbocycles. The highest BCUT2D eigenvalue weighted by atomic mass is 19.4. The van der Waals surface area contributed by atoms with Gasteiger partial charge in [-0.3, -0.25) is 0 Å². The predicted molar refractivity (Wildman–Crippen MR) is 24.8 cm³/mol. The van der Waals surface area contributed by atoms with Crippen molar-refractivity contribution >= 4 is 6.03 Å². The molecule has 0 unspecified atom stereocenters. The van der Waals surface area contributed by atoms with Gasteiger partial charge >= 0.3 is 12.2 Å². The van der Waals surface area contributed by atoms with Crippen molar-refractivity contribution < 1.29 is 18.0 Å². The number of alkyl halides is 3. The third-order valence-corrected chi connectivity index (χ3v) is 0.858. The van der Waals surface area contributed by atoms with Crippen molar-refractivity contribution in [3.05, 3.63) is 11.9 Å². The fraction of sp³-hybridized carbons (Fsp3) is 0.250. The van der Waals surface area contributed by atoms with Crippen molar-refractivity contribution in [1.29, 1.82) is 0 Å². The number of rotatable bonds is 0. The summed E-state index contributed by atoms with van der Waals surface area (Å²) >= 11 is 0. The van der Waals surface area contributed by atoms with E-state index in [1.807, 2.05) is 0 Å². The van der Waals surface area contributed by atoms with Crippen LogP contribution in [0.2, 0.25) is 0 Å². The molecule has 0 aromatic carbocycles. The first-order valence-corrected chi connectivity index (χ1v) is 2.29. The lowest BCUT2D eigenvalue weighted by Crippen LogP contribution is -2.26.